The summed E-state index contributed by atoms with van der Waals surface area (Å²) in [5.41, 5.74) is -1.46. The Balaban J connectivity index is 2.09. The third-order valence-electron chi connectivity index (χ3n) is 4.15. The van der Waals surface area contributed by atoms with E-state index in [1.807, 2.05) is 0 Å². The smallest absolute Gasteiger partial charge is 0.350 e. The van der Waals surface area contributed by atoms with Gasteiger partial charge in [-0.05, 0) is 35.7 Å². The van der Waals surface area contributed by atoms with Gasteiger partial charge >= 0.3 is 6.18 Å². The number of alkyl halides is 3. The Morgan fingerprint density at radius 1 is 1.00 bits per heavy atom. The molecule has 2 amide bonds. The molecule has 2 rings (SSSR count). The lowest BCUT2D eigenvalue weighted by molar-refractivity contribution is -0.137. The number of carbonyl (C=O) groups is 2. The number of hydrogen-bond donors (Lipinski definition) is 2. The van der Waals surface area contributed by atoms with Crippen LogP contribution in [0.25, 0.3) is 0 Å². The molecule has 1 atom stereocenters. The third-order valence-corrected chi connectivity index (χ3v) is 4.15. The lowest BCUT2D eigenvalue weighted by Crippen LogP contribution is -2.49. The molecule has 0 fully saturated rings. The standard InChI is InChI=1S/C20H19F5N2O2/c1-11(2)17(27-18(28)16-14(21)7-4-8-15(16)22)19(29)26-10-12-5-3-6-13(9-12)20(23,24)25/h3-9,11,17H,10H2,1-2H3,(H,26,29)(H,27,28)/t17-/m0/s1. The van der Waals surface area contributed by atoms with E-state index in [-0.39, 0.29) is 12.1 Å². The van der Waals surface area contributed by atoms with Crippen molar-refractivity contribution in [2.45, 2.75) is 32.6 Å². The highest BCUT2D eigenvalue weighted by Crippen LogP contribution is 2.29. The second-order valence-electron chi connectivity index (χ2n) is 6.71. The van der Waals surface area contributed by atoms with Crippen molar-refractivity contribution in [3.05, 3.63) is 70.8 Å². The molecule has 0 aromatic heterocycles. The molecule has 0 saturated heterocycles. The molecule has 0 heterocycles. The van der Waals surface area contributed by atoms with E-state index in [0.717, 1.165) is 30.3 Å². The number of rotatable bonds is 6. The SMILES string of the molecule is CC(C)[C@H](NC(=O)c1c(F)cccc1F)C(=O)NCc1cccc(C(F)(F)F)c1. The number of hydrogen-bond acceptors (Lipinski definition) is 2. The largest absolute Gasteiger partial charge is 0.416 e. The summed E-state index contributed by atoms with van der Waals surface area (Å²) in [4.78, 5) is 24.7. The van der Waals surface area contributed by atoms with Crippen molar-refractivity contribution in [2.75, 3.05) is 0 Å². The van der Waals surface area contributed by atoms with E-state index in [1.165, 1.54) is 12.1 Å². The third kappa shape index (κ3) is 5.75. The Bertz CT molecular complexity index is 876. The highest BCUT2D eigenvalue weighted by Gasteiger charge is 2.31. The zero-order valence-corrected chi connectivity index (χ0v) is 15.6. The Morgan fingerprint density at radius 3 is 2.14 bits per heavy atom. The Hall–Kier alpha value is -2.97. The van der Waals surface area contributed by atoms with Gasteiger partial charge in [0.25, 0.3) is 5.91 Å². The van der Waals surface area contributed by atoms with E-state index in [2.05, 4.69) is 10.6 Å². The van der Waals surface area contributed by atoms with Crippen LogP contribution in [0.3, 0.4) is 0 Å². The molecule has 29 heavy (non-hydrogen) atoms. The van der Waals surface area contributed by atoms with Crippen molar-refractivity contribution in [3.63, 3.8) is 0 Å². The molecular formula is C20H19F5N2O2. The molecule has 0 aliphatic rings. The van der Waals surface area contributed by atoms with E-state index in [9.17, 15) is 31.5 Å². The molecule has 0 aliphatic heterocycles. The maximum atomic E-state index is 13.8. The van der Waals surface area contributed by atoms with Crippen molar-refractivity contribution in [1.29, 1.82) is 0 Å². The van der Waals surface area contributed by atoms with E-state index >= 15 is 0 Å². The van der Waals surface area contributed by atoms with Crippen LogP contribution in [0.15, 0.2) is 42.5 Å². The van der Waals surface area contributed by atoms with Crippen molar-refractivity contribution in [3.8, 4) is 0 Å². The van der Waals surface area contributed by atoms with Crippen LogP contribution in [0, 0.1) is 17.6 Å². The molecule has 9 heteroatoms. The summed E-state index contributed by atoms with van der Waals surface area (Å²) < 4.78 is 65.9. The first-order valence-electron chi connectivity index (χ1n) is 8.69. The van der Waals surface area contributed by atoms with Gasteiger partial charge in [-0.25, -0.2) is 8.78 Å². The number of carbonyl (C=O) groups excluding carboxylic acids is 2. The van der Waals surface area contributed by atoms with Crippen LogP contribution in [0.1, 0.15) is 35.3 Å². The van der Waals surface area contributed by atoms with Crippen LogP contribution < -0.4 is 10.6 Å². The van der Waals surface area contributed by atoms with Gasteiger partial charge in [0.1, 0.15) is 23.2 Å². The maximum absolute atomic E-state index is 13.8. The van der Waals surface area contributed by atoms with Crippen LogP contribution in [-0.4, -0.2) is 17.9 Å². The molecule has 0 bridgehead atoms. The minimum atomic E-state index is -4.52. The number of halogens is 5. The lowest BCUT2D eigenvalue weighted by Gasteiger charge is -2.22. The summed E-state index contributed by atoms with van der Waals surface area (Å²) in [6.07, 6.45) is -4.52. The lowest BCUT2D eigenvalue weighted by atomic mass is 10.0. The zero-order valence-electron chi connectivity index (χ0n) is 15.6. The zero-order chi connectivity index (χ0) is 21.8. The fraction of sp³-hybridized carbons (Fsp3) is 0.300. The summed E-state index contributed by atoms with van der Waals surface area (Å²) in [6, 6.07) is 6.21. The van der Waals surface area contributed by atoms with Crippen molar-refractivity contribution >= 4 is 11.8 Å². The van der Waals surface area contributed by atoms with E-state index in [0.29, 0.717) is 0 Å². The van der Waals surface area contributed by atoms with Gasteiger partial charge in [-0.1, -0.05) is 32.0 Å². The molecule has 0 saturated carbocycles. The van der Waals surface area contributed by atoms with Crippen LogP contribution in [-0.2, 0) is 17.5 Å². The van der Waals surface area contributed by atoms with Crippen LogP contribution in [0.5, 0.6) is 0 Å². The number of benzene rings is 2. The molecule has 0 aliphatic carbocycles. The van der Waals surface area contributed by atoms with E-state index in [4.69, 9.17) is 0 Å². The van der Waals surface area contributed by atoms with Crippen LogP contribution in [0.4, 0.5) is 22.0 Å². The molecule has 0 radical (unpaired) electrons. The van der Waals surface area contributed by atoms with Crippen LogP contribution in [0.2, 0.25) is 0 Å². The molecule has 2 N–H and O–H groups in total. The summed E-state index contributed by atoms with van der Waals surface area (Å²) >= 11 is 0. The van der Waals surface area contributed by atoms with Gasteiger partial charge in [0.15, 0.2) is 0 Å². The Morgan fingerprint density at radius 2 is 1.59 bits per heavy atom. The topological polar surface area (TPSA) is 58.2 Å². The van der Waals surface area contributed by atoms with E-state index in [1.54, 1.807) is 13.8 Å². The summed E-state index contributed by atoms with van der Waals surface area (Å²) in [5, 5.41) is 4.71. The van der Waals surface area contributed by atoms with Crippen molar-refractivity contribution in [2.24, 2.45) is 5.92 Å². The molecule has 2 aromatic carbocycles. The highest BCUT2D eigenvalue weighted by molar-refractivity contribution is 5.98. The fourth-order valence-electron chi connectivity index (χ4n) is 2.62. The van der Waals surface area contributed by atoms with Crippen LogP contribution >= 0.6 is 0 Å². The fourth-order valence-corrected chi connectivity index (χ4v) is 2.62. The predicted octanol–water partition coefficient (Wildman–Crippen LogP) is 4.05. The molecule has 4 nitrogen and oxygen atoms in total. The van der Waals surface area contributed by atoms with Gasteiger partial charge < -0.3 is 10.6 Å². The first-order chi connectivity index (χ1) is 13.5. The number of amides is 2. The second-order valence-corrected chi connectivity index (χ2v) is 6.71. The maximum Gasteiger partial charge on any atom is 0.416 e. The minimum Gasteiger partial charge on any atom is -0.350 e. The quantitative estimate of drug-likeness (QED) is 0.701. The molecule has 0 spiro atoms. The molecule has 0 unspecified atom stereocenters. The summed E-state index contributed by atoms with van der Waals surface area (Å²) in [6.45, 7) is 2.99. The van der Waals surface area contributed by atoms with Gasteiger partial charge in [0.2, 0.25) is 5.91 Å². The second kappa shape index (κ2) is 9.02. The average Bonchev–Trinajstić information content (AvgIpc) is 2.63. The van der Waals surface area contributed by atoms with Crippen molar-refractivity contribution in [1.82, 2.24) is 10.6 Å². The molecular weight excluding hydrogens is 395 g/mol. The molecule has 156 valence electrons. The average molecular weight is 414 g/mol. The minimum absolute atomic E-state index is 0.210. The van der Waals surface area contributed by atoms with Gasteiger partial charge in [-0.3, -0.25) is 9.59 Å². The van der Waals surface area contributed by atoms with E-state index < -0.39 is 52.7 Å². The van der Waals surface area contributed by atoms with Gasteiger partial charge in [0.05, 0.1) is 5.56 Å². The molecule has 2 aromatic rings. The first kappa shape index (κ1) is 22.3. The normalized spacial score (nSPS) is 12.6. The Kier molecular flexibility index (Phi) is 6.94. The van der Waals surface area contributed by atoms with Gasteiger partial charge in [-0.15, -0.1) is 0 Å². The highest BCUT2D eigenvalue weighted by atomic mass is 19.4. The van der Waals surface area contributed by atoms with Gasteiger partial charge in [-0.2, -0.15) is 13.2 Å². The number of nitrogens with one attached hydrogen (secondary N) is 2. The first-order valence-corrected chi connectivity index (χ1v) is 8.69. The van der Waals surface area contributed by atoms with Crippen molar-refractivity contribution < 1.29 is 31.5 Å². The van der Waals surface area contributed by atoms with Gasteiger partial charge in [0, 0.05) is 6.54 Å². The predicted molar refractivity (Wildman–Crippen MR) is 95.7 cm³/mol. The summed E-state index contributed by atoms with van der Waals surface area (Å²) in [5.74, 6) is -4.39. The monoisotopic (exact) mass is 414 g/mol. The Labute approximate surface area is 164 Å². The summed E-state index contributed by atoms with van der Waals surface area (Å²) in [7, 11) is 0.